The predicted octanol–water partition coefficient (Wildman–Crippen LogP) is 3.12. The Morgan fingerprint density at radius 3 is 2.89 bits per heavy atom. The van der Waals surface area contributed by atoms with Gasteiger partial charge in [0.15, 0.2) is 5.65 Å². The van der Waals surface area contributed by atoms with Crippen molar-refractivity contribution in [3.8, 4) is 11.4 Å². The summed E-state index contributed by atoms with van der Waals surface area (Å²) >= 11 is 2.26. The molecule has 0 bridgehead atoms. The van der Waals surface area contributed by atoms with E-state index in [1.165, 1.54) is 0 Å². The van der Waals surface area contributed by atoms with Crippen LogP contribution in [0.3, 0.4) is 0 Å². The number of hydrogen-bond acceptors (Lipinski definition) is 3. The van der Waals surface area contributed by atoms with Crippen molar-refractivity contribution >= 4 is 39.4 Å². The summed E-state index contributed by atoms with van der Waals surface area (Å²) in [4.78, 5) is 12.0. The number of benzene rings is 1. The molecule has 18 heavy (non-hydrogen) atoms. The molecule has 3 aromatic rings. The Labute approximate surface area is 118 Å². The van der Waals surface area contributed by atoms with Crippen molar-refractivity contribution in [2.45, 2.75) is 6.92 Å². The second-order valence-electron chi connectivity index (χ2n) is 4.14. The molecule has 0 aliphatic heterocycles. The Bertz CT molecular complexity index is 733. The van der Waals surface area contributed by atoms with Crippen LogP contribution in [0.2, 0.25) is 0 Å². The van der Waals surface area contributed by atoms with Gasteiger partial charge in [-0.2, -0.15) is 0 Å². The Morgan fingerprint density at radius 2 is 2.11 bits per heavy atom. The molecule has 90 valence electrons. The van der Waals surface area contributed by atoms with Gasteiger partial charge in [0.2, 0.25) is 0 Å². The molecule has 0 aliphatic carbocycles. The fourth-order valence-electron chi connectivity index (χ4n) is 1.90. The number of imidazole rings is 1. The monoisotopic (exact) mass is 350 g/mol. The van der Waals surface area contributed by atoms with E-state index in [9.17, 15) is 0 Å². The van der Waals surface area contributed by atoms with E-state index in [0.717, 1.165) is 31.7 Å². The van der Waals surface area contributed by atoms with Gasteiger partial charge in [0.1, 0.15) is 5.82 Å². The summed E-state index contributed by atoms with van der Waals surface area (Å²) in [6.45, 7) is 2.03. The molecule has 0 saturated heterocycles. The minimum Gasteiger partial charge on any atom is -0.398 e. The number of aromatic nitrogens is 3. The van der Waals surface area contributed by atoms with Gasteiger partial charge in [0.25, 0.3) is 0 Å². The number of H-pyrrole nitrogens is 1. The molecular weight excluding hydrogens is 339 g/mol. The van der Waals surface area contributed by atoms with Crippen LogP contribution in [-0.4, -0.2) is 15.0 Å². The van der Waals surface area contributed by atoms with Crippen LogP contribution in [0.1, 0.15) is 5.56 Å². The molecule has 2 aromatic heterocycles. The van der Waals surface area contributed by atoms with Gasteiger partial charge in [0.05, 0.1) is 5.52 Å². The molecule has 0 atom stereocenters. The van der Waals surface area contributed by atoms with E-state index in [4.69, 9.17) is 5.73 Å². The first-order chi connectivity index (χ1) is 8.65. The van der Waals surface area contributed by atoms with E-state index >= 15 is 0 Å². The maximum Gasteiger partial charge on any atom is 0.178 e. The maximum absolute atomic E-state index is 6.00. The first kappa shape index (κ1) is 11.5. The normalized spacial score (nSPS) is 11.0. The van der Waals surface area contributed by atoms with E-state index in [0.29, 0.717) is 5.69 Å². The summed E-state index contributed by atoms with van der Waals surface area (Å²) in [6, 6.07) is 7.85. The number of nitrogens with two attached hydrogens (primary N) is 1. The number of halogens is 1. The molecule has 0 radical (unpaired) electrons. The Hall–Kier alpha value is -1.63. The molecule has 0 saturated carbocycles. The van der Waals surface area contributed by atoms with Gasteiger partial charge in [0, 0.05) is 21.0 Å². The highest BCUT2D eigenvalue weighted by Gasteiger charge is 2.10. The van der Waals surface area contributed by atoms with Crippen molar-refractivity contribution in [3.63, 3.8) is 0 Å². The molecule has 3 rings (SSSR count). The molecule has 0 amide bonds. The number of hydrogen-bond donors (Lipinski definition) is 2. The summed E-state index contributed by atoms with van der Waals surface area (Å²) in [5.74, 6) is 0.766. The summed E-state index contributed by atoms with van der Waals surface area (Å²) in [5.41, 5.74) is 10.4. The fraction of sp³-hybridized carbons (Fsp3) is 0.0769. The minimum atomic E-state index is 0.715. The third-order valence-electron chi connectivity index (χ3n) is 2.87. The quantitative estimate of drug-likeness (QED) is 0.523. The van der Waals surface area contributed by atoms with Crippen LogP contribution in [0, 0.1) is 10.5 Å². The van der Waals surface area contributed by atoms with Crippen molar-refractivity contribution < 1.29 is 0 Å². The zero-order valence-electron chi connectivity index (χ0n) is 9.74. The second-order valence-corrected chi connectivity index (χ2v) is 5.39. The van der Waals surface area contributed by atoms with E-state index in [2.05, 4.69) is 37.5 Å². The number of aryl methyl sites for hydroxylation is 1. The van der Waals surface area contributed by atoms with Gasteiger partial charge in [-0.1, -0.05) is 0 Å². The highest BCUT2D eigenvalue weighted by Crippen LogP contribution is 2.27. The molecule has 0 fully saturated rings. The smallest absolute Gasteiger partial charge is 0.178 e. The topological polar surface area (TPSA) is 67.6 Å². The third kappa shape index (κ3) is 1.84. The average molecular weight is 350 g/mol. The number of pyridine rings is 1. The van der Waals surface area contributed by atoms with Crippen molar-refractivity contribution in [1.82, 2.24) is 15.0 Å². The second kappa shape index (κ2) is 4.24. The zero-order valence-corrected chi connectivity index (χ0v) is 11.9. The number of rotatable bonds is 1. The SMILES string of the molecule is Cc1ccnc2nc(-c3cc(I)ccc3N)[nH]c12. The van der Waals surface area contributed by atoms with Crippen molar-refractivity contribution in [2.75, 3.05) is 5.73 Å². The minimum absolute atomic E-state index is 0.715. The average Bonchev–Trinajstić information content (AvgIpc) is 2.77. The van der Waals surface area contributed by atoms with Crippen LogP contribution in [0.15, 0.2) is 30.5 Å². The Balaban J connectivity index is 2.26. The van der Waals surface area contributed by atoms with Gasteiger partial charge < -0.3 is 10.7 Å². The van der Waals surface area contributed by atoms with Crippen LogP contribution < -0.4 is 5.73 Å². The fourth-order valence-corrected chi connectivity index (χ4v) is 2.39. The summed E-state index contributed by atoms with van der Waals surface area (Å²) in [7, 11) is 0. The number of fused-ring (bicyclic) bond motifs is 1. The van der Waals surface area contributed by atoms with Crippen molar-refractivity contribution in [2.24, 2.45) is 0 Å². The maximum atomic E-state index is 6.00. The Kier molecular flexibility index (Phi) is 2.70. The summed E-state index contributed by atoms with van der Waals surface area (Å²) in [5, 5.41) is 0. The lowest BCUT2D eigenvalue weighted by Crippen LogP contribution is -1.91. The first-order valence-corrected chi connectivity index (χ1v) is 6.60. The molecule has 0 spiro atoms. The molecule has 0 unspecified atom stereocenters. The number of nitrogens with one attached hydrogen (secondary N) is 1. The molecule has 3 N–H and O–H groups in total. The molecule has 2 heterocycles. The van der Waals surface area contributed by atoms with Crippen LogP contribution >= 0.6 is 22.6 Å². The van der Waals surface area contributed by atoms with Crippen molar-refractivity contribution in [1.29, 1.82) is 0 Å². The number of nitrogen functional groups attached to an aromatic ring is 1. The van der Waals surface area contributed by atoms with Gasteiger partial charge in [-0.3, -0.25) is 0 Å². The number of aromatic amines is 1. The lowest BCUT2D eigenvalue weighted by atomic mass is 10.2. The zero-order chi connectivity index (χ0) is 12.7. The highest BCUT2D eigenvalue weighted by atomic mass is 127. The predicted molar refractivity (Wildman–Crippen MR) is 81.2 cm³/mol. The van der Waals surface area contributed by atoms with Crippen LogP contribution in [0.5, 0.6) is 0 Å². The van der Waals surface area contributed by atoms with E-state index in [-0.39, 0.29) is 0 Å². The summed E-state index contributed by atoms with van der Waals surface area (Å²) < 4.78 is 1.13. The molecule has 5 heteroatoms. The van der Waals surface area contributed by atoms with E-state index < -0.39 is 0 Å². The molecule has 0 aliphatic rings. The number of anilines is 1. The van der Waals surface area contributed by atoms with Crippen LogP contribution in [-0.2, 0) is 0 Å². The summed E-state index contributed by atoms with van der Waals surface area (Å²) in [6.07, 6.45) is 1.76. The van der Waals surface area contributed by atoms with Gasteiger partial charge in [-0.15, -0.1) is 0 Å². The number of nitrogens with zero attached hydrogens (tertiary/aromatic N) is 2. The first-order valence-electron chi connectivity index (χ1n) is 5.52. The molecule has 4 nitrogen and oxygen atoms in total. The molecule has 1 aromatic carbocycles. The lowest BCUT2D eigenvalue weighted by Gasteiger charge is -2.02. The Morgan fingerprint density at radius 1 is 1.28 bits per heavy atom. The van der Waals surface area contributed by atoms with E-state index in [1.54, 1.807) is 6.20 Å². The largest absolute Gasteiger partial charge is 0.398 e. The standard InChI is InChI=1S/C13H11IN4/c1-7-4-5-16-13-11(7)17-12(18-13)9-6-8(14)2-3-10(9)15/h2-6H,15H2,1H3,(H,16,17,18). The van der Waals surface area contributed by atoms with Crippen LogP contribution in [0.4, 0.5) is 5.69 Å². The van der Waals surface area contributed by atoms with Crippen molar-refractivity contribution in [3.05, 3.63) is 39.6 Å². The van der Waals surface area contributed by atoms with Gasteiger partial charge in [-0.25, -0.2) is 9.97 Å². The van der Waals surface area contributed by atoms with Crippen LogP contribution in [0.25, 0.3) is 22.6 Å². The molecular formula is C13H11IN4. The highest BCUT2D eigenvalue weighted by molar-refractivity contribution is 14.1. The third-order valence-corrected chi connectivity index (χ3v) is 3.54. The van der Waals surface area contributed by atoms with E-state index in [1.807, 2.05) is 31.2 Å². The van der Waals surface area contributed by atoms with Gasteiger partial charge in [-0.05, 0) is 59.3 Å². The van der Waals surface area contributed by atoms with Gasteiger partial charge >= 0.3 is 0 Å². The lowest BCUT2D eigenvalue weighted by molar-refractivity contribution is 1.30.